The van der Waals surface area contributed by atoms with Crippen LogP contribution in [0.5, 0.6) is 11.5 Å². The van der Waals surface area contributed by atoms with Crippen LogP contribution in [0.15, 0.2) is 53.6 Å². The van der Waals surface area contributed by atoms with E-state index < -0.39 is 0 Å². The number of ether oxygens (including phenoxy) is 2. The fourth-order valence-electron chi connectivity index (χ4n) is 2.24. The Balaban J connectivity index is 1.60. The molecular formula is C18H18N2O2S. The van der Waals surface area contributed by atoms with Crippen LogP contribution >= 0.6 is 11.8 Å². The van der Waals surface area contributed by atoms with Crippen LogP contribution in [0.2, 0.25) is 0 Å². The van der Waals surface area contributed by atoms with E-state index in [-0.39, 0.29) is 0 Å². The Morgan fingerprint density at radius 1 is 0.957 bits per heavy atom. The highest BCUT2D eigenvalue weighted by Crippen LogP contribution is 2.25. The van der Waals surface area contributed by atoms with Gasteiger partial charge in [-0.3, -0.25) is 0 Å². The zero-order valence-electron chi connectivity index (χ0n) is 13.2. The third-order valence-electron chi connectivity index (χ3n) is 3.33. The fraction of sp³-hybridized carbons (Fsp3) is 0.222. The van der Waals surface area contributed by atoms with E-state index in [0.717, 1.165) is 39.0 Å². The van der Waals surface area contributed by atoms with E-state index in [1.54, 1.807) is 18.9 Å². The summed E-state index contributed by atoms with van der Waals surface area (Å²) >= 11 is 1.69. The zero-order chi connectivity index (χ0) is 16.1. The molecule has 2 aromatic carbocycles. The van der Waals surface area contributed by atoms with Crippen LogP contribution in [0, 0.1) is 6.92 Å². The zero-order valence-corrected chi connectivity index (χ0v) is 14.0. The molecule has 3 rings (SSSR count). The maximum atomic E-state index is 5.75. The van der Waals surface area contributed by atoms with Gasteiger partial charge < -0.3 is 9.47 Å². The van der Waals surface area contributed by atoms with E-state index in [9.17, 15) is 0 Å². The van der Waals surface area contributed by atoms with Crippen molar-refractivity contribution >= 4 is 22.7 Å². The van der Waals surface area contributed by atoms with Gasteiger partial charge in [0, 0.05) is 11.1 Å². The van der Waals surface area contributed by atoms with Crippen LogP contribution in [0.1, 0.15) is 5.82 Å². The molecule has 0 atom stereocenters. The molecule has 0 spiro atoms. The molecule has 0 amide bonds. The van der Waals surface area contributed by atoms with Crippen LogP contribution in [0.4, 0.5) is 0 Å². The first-order valence-corrected chi connectivity index (χ1v) is 8.38. The summed E-state index contributed by atoms with van der Waals surface area (Å²) in [4.78, 5) is 9.01. The normalized spacial score (nSPS) is 10.7. The molecule has 5 heteroatoms. The van der Waals surface area contributed by atoms with Gasteiger partial charge >= 0.3 is 0 Å². The number of benzene rings is 2. The van der Waals surface area contributed by atoms with Gasteiger partial charge in [-0.25, -0.2) is 9.97 Å². The SMILES string of the molecule is COc1ccc(OCCSc2nc(C)nc3ccccc23)cc1. The van der Waals surface area contributed by atoms with Crippen molar-refractivity contribution in [2.24, 2.45) is 0 Å². The second kappa shape index (κ2) is 7.33. The van der Waals surface area contributed by atoms with Crippen LogP contribution in [-0.2, 0) is 0 Å². The number of thioether (sulfide) groups is 1. The summed E-state index contributed by atoms with van der Waals surface area (Å²) in [5.74, 6) is 3.29. The van der Waals surface area contributed by atoms with Crippen molar-refractivity contribution in [2.75, 3.05) is 19.5 Å². The number of hydrogen-bond donors (Lipinski definition) is 0. The average Bonchev–Trinajstić information content (AvgIpc) is 2.59. The van der Waals surface area contributed by atoms with E-state index in [2.05, 4.69) is 16.0 Å². The highest BCUT2D eigenvalue weighted by Gasteiger charge is 2.06. The molecule has 0 saturated carbocycles. The first-order valence-electron chi connectivity index (χ1n) is 7.39. The summed E-state index contributed by atoms with van der Waals surface area (Å²) in [6.07, 6.45) is 0. The lowest BCUT2D eigenvalue weighted by Gasteiger charge is -2.08. The lowest BCUT2D eigenvalue weighted by Crippen LogP contribution is -2.01. The summed E-state index contributed by atoms with van der Waals surface area (Å²) in [5, 5.41) is 2.10. The number of hydrogen-bond acceptors (Lipinski definition) is 5. The van der Waals surface area contributed by atoms with E-state index in [1.807, 2.05) is 49.4 Å². The molecule has 0 unspecified atom stereocenters. The second-order valence-electron chi connectivity index (χ2n) is 4.97. The Kier molecular flexibility index (Phi) is 4.98. The summed E-state index contributed by atoms with van der Waals surface area (Å²) < 4.78 is 10.9. The van der Waals surface area contributed by atoms with Crippen molar-refractivity contribution in [3.8, 4) is 11.5 Å². The highest BCUT2D eigenvalue weighted by molar-refractivity contribution is 7.99. The van der Waals surface area contributed by atoms with Crippen LogP contribution in [0.25, 0.3) is 10.9 Å². The van der Waals surface area contributed by atoms with Crippen molar-refractivity contribution in [3.05, 3.63) is 54.4 Å². The fourth-order valence-corrected chi connectivity index (χ4v) is 3.12. The van der Waals surface area contributed by atoms with Gasteiger partial charge in [-0.15, -0.1) is 11.8 Å². The summed E-state index contributed by atoms with van der Waals surface area (Å²) in [6.45, 7) is 2.54. The van der Waals surface area contributed by atoms with Gasteiger partial charge in [0.15, 0.2) is 0 Å². The van der Waals surface area contributed by atoms with E-state index in [0.29, 0.717) is 6.61 Å². The van der Waals surface area contributed by atoms with E-state index in [4.69, 9.17) is 9.47 Å². The molecule has 0 aliphatic carbocycles. The molecule has 118 valence electrons. The summed E-state index contributed by atoms with van der Waals surface area (Å²) in [5.41, 5.74) is 0.985. The molecule has 0 fully saturated rings. The van der Waals surface area contributed by atoms with Crippen molar-refractivity contribution in [1.82, 2.24) is 9.97 Å². The Hall–Kier alpha value is -2.27. The molecule has 0 N–H and O–H groups in total. The van der Waals surface area contributed by atoms with Gasteiger partial charge in [0.2, 0.25) is 0 Å². The molecule has 1 aromatic heterocycles. The second-order valence-corrected chi connectivity index (χ2v) is 6.05. The standard InChI is InChI=1S/C18H18N2O2S/c1-13-19-17-6-4-3-5-16(17)18(20-13)23-12-11-22-15-9-7-14(21-2)8-10-15/h3-10H,11-12H2,1-2H3. The predicted molar refractivity (Wildman–Crippen MR) is 93.5 cm³/mol. The molecule has 0 radical (unpaired) electrons. The van der Waals surface area contributed by atoms with Gasteiger partial charge in [-0.1, -0.05) is 18.2 Å². The Morgan fingerprint density at radius 3 is 2.48 bits per heavy atom. The first kappa shape index (κ1) is 15.6. The van der Waals surface area contributed by atoms with Gasteiger partial charge in [0.05, 0.1) is 19.2 Å². The Labute approximate surface area is 139 Å². The van der Waals surface area contributed by atoms with Gasteiger partial charge in [0.1, 0.15) is 22.3 Å². The maximum Gasteiger partial charge on any atom is 0.127 e. The number of nitrogens with zero attached hydrogens (tertiary/aromatic N) is 2. The molecule has 3 aromatic rings. The van der Waals surface area contributed by atoms with Crippen molar-refractivity contribution in [2.45, 2.75) is 11.9 Å². The molecule has 4 nitrogen and oxygen atoms in total. The van der Waals surface area contributed by atoms with E-state index in [1.165, 1.54) is 0 Å². The van der Waals surface area contributed by atoms with Gasteiger partial charge in [-0.05, 0) is 37.3 Å². The number of aromatic nitrogens is 2. The number of fused-ring (bicyclic) bond motifs is 1. The Morgan fingerprint density at radius 2 is 1.70 bits per heavy atom. The lowest BCUT2D eigenvalue weighted by atomic mass is 10.2. The van der Waals surface area contributed by atoms with Gasteiger partial charge in [0.25, 0.3) is 0 Å². The largest absolute Gasteiger partial charge is 0.497 e. The predicted octanol–water partition coefficient (Wildman–Crippen LogP) is 4.12. The number of aryl methyl sites for hydroxylation is 1. The van der Waals surface area contributed by atoms with Crippen LogP contribution < -0.4 is 9.47 Å². The molecule has 23 heavy (non-hydrogen) atoms. The van der Waals surface area contributed by atoms with Crippen molar-refractivity contribution in [1.29, 1.82) is 0 Å². The minimum absolute atomic E-state index is 0.619. The van der Waals surface area contributed by atoms with Crippen LogP contribution in [0.3, 0.4) is 0 Å². The number of para-hydroxylation sites is 1. The summed E-state index contributed by atoms with van der Waals surface area (Å²) in [6, 6.07) is 15.7. The van der Waals surface area contributed by atoms with E-state index >= 15 is 0 Å². The molecule has 0 saturated heterocycles. The minimum atomic E-state index is 0.619. The smallest absolute Gasteiger partial charge is 0.127 e. The van der Waals surface area contributed by atoms with Crippen molar-refractivity contribution < 1.29 is 9.47 Å². The molecule has 0 bridgehead atoms. The highest BCUT2D eigenvalue weighted by atomic mass is 32.2. The first-order chi connectivity index (χ1) is 11.3. The van der Waals surface area contributed by atoms with Crippen LogP contribution in [-0.4, -0.2) is 29.4 Å². The Bertz CT molecular complexity index is 791. The third-order valence-corrected chi connectivity index (χ3v) is 4.29. The summed E-state index contributed by atoms with van der Waals surface area (Å²) in [7, 11) is 1.65. The molecule has 1 heterocycles. The topological polar surface area (TPSA) is 44.2 Å². The number of methoxy groups -OCH3 is 1. The van der Waals surface area contributed by atoms with Gasteiger partial charge in [-0.2, -0.15) is 0 Å². The maximum absolute atomic E-state index is 5.75. The molecular weight excluding hydrogens is 308 g/mol. The lowest BCUT2D eigenvalue weighted by molar-refractivity contribution is 0.342. The average molecular weight is 326 g/mol. The number of rotatable bonds is 6. The third kappa shape index (κ3) is 3.93. The molecule has 0 aliphatic heterocycles. The minimum Gasteiger partial charge on any atom is -0.497 e. The van der Waals surface area contributed by atoms with Crippen molar-refractivity contribution in [3.63, 3.8) is 0 Å². The quantitative estimate of drug-likeness (QED) is 0.387. The monoisotopic (exact) mass is 326 g/mol. The molecule has 0 aliphatic rings.